The van der Waals surface area contributed by atoms with Gasteiger partial charge in [-0.1, -0.05) is 0 Å². The number of aryl methyl sites for hydroxylation is 1. The molecule has 188 valence electrons. The van der Waals surface area contributed by atoms with Crippen LogP contribution in [0.5, 0.6) is 5.75 Å². The molecule has 2 N–H and O–H groups in total. The molecule has 9 heteroatoms. The second-order valence-corrected chi connectivity index (χ2v) is 11.1. The van der Waals surface area contributed by atoms with Crippen LogP contribution in [0, 0.1) is 6.92 Å². The van der Waals surface area contributed by atoms with Crippen molar-refractivity contribution in [3.63, 3.8) is 0 Å². The zero-order chi connectivity index (χ0) is 24.8. The molecule has 4 heterocycles. The molecule has 6 rings (SSSR count). The molecule has 8 nitrogen and oxygen atoms in total. The van der Waals surface area contributed by atoms with Crippen molar-refractivity contribution in [2.75, 3.05) is 30.4 Å². The second-order valence-electron chi connectivity index (χ2n) is 10.1. The van der Waals surface area contributed by atoms with Gasteiger partial charge in [0.2, 0.25) is 0 Å². The van der Waals surface area contributed by atoms with Gasteiger partial charge in [0.1, 0.15) is 15.5 Å². The number of amides is 3. The van der Waals surface area contributed by atoms with Gasteiger partial charge in [-0.05, 0) is 88.9 Å². The summed E-state index contributed by atoms with van der Waals surface area (Å²) >= 11 is 1.33. The van der Waals surface area contributed by atoms with E-state index in [0.29, 0.717) is 10.6 Å². The summed E-state index contributed by atoms with van der Waals surface area (Å²) in [6.45, 7) is 3.87. The molecule has 3 aromatic rings. The Morgan fingerprint density at radius 3 is 2.78 bits per heavy atom. The highest BCUT2D eigenvalue weighted by Crippen LogP contribution is 2.46. The number of rotatable bonds is 5. The molecule has 3 amide bonds. The van der Waals surface area contributed by atoms with E-state index in [1.54, 1.807) is 11.1 Å². The van der Waals surface area contributed by atoms with E-state index in [0.717, 1.165) is 71.7 Å². The van der Waals surface area contributed by atoms with E-state index in [-0.39, 0.29) is 24.1 Å². The summed E-state index contributed by atoms with van der Waals surface area (Å²) in [5.74, 6) is 0.682. The quantitative estimate of drug-likeness (QED) is 0.483. The van der Waals surface area contributed by atoms with Crippen LogP contribution in [0.25, 0.3) is 10.2 Å². The number of nitrogens with one attached hydrogen (secondary N) is 2. The van der Waals surface area contributed by atoms with Crippen molar-refractivity contribution >= 4 is 50.6 Å². The zero-order valence-electron chi connectivity index (χ0n) is 20.7. The van der Waals surface area contributed by atoms with Gasteiger partial charge in [0, 0.05) is 18.8 Å². The lowest BCUT2D eigenvalue weighted by Crippen LogP contribution is -2.46. The number of carbonyl (C=O) groups excluding carboxylic acids is 2. The van der Waals surface area contributed by atoms with Crippen LogP contribution in [0.3, 0.4) is 0 Å². The Labute approximate surface area is 214 Å². The highest BCUT2D eigenvalue weighted by Gasteiger charge is 2.34. The van der Waals surface area contributed by atoms with Crippen molar-refractivity contribution < 1.29 is 14.3 Å². The molecule has 1 saturated carbocycles. The molecule has 0 spiro atoms. The molecule has 2 aromatic heterocycles. The molecule has 0 radical (unpaired) electrons. The Morgan fingerprint density at radius 1 is 1.17 bits per heavy atom. The first-order valence-corrected chi connectivity index (χ1v) is 13.6. The number of anilines is 3. The van der Waals surface area contributed by atoms with Gasteiger partial charge in [0.15, 0.2) is 0 Å². The van der Waals surface area contributed by atoms with E-state index in [1.807, 2.05) is 31.2 Å². The smallest absolute Gasteiger partial charge is 0.331 e. The Bertz CT molecular complexity index is 1330. The number of likely N-dealkylation sites (N-methyl/N-ethyl adjacent to an activating group) is 1. The van der Waals surface area contributed by atoms with Crippen molar-refractivity contribution in [3.05, 3.63) is 40.9 Å². The van der Waals surface area contributed by atoms with Crippen LogP contribution in [0.15, 0.2) is 30.5 Å². The first kappa shape index (κ1) is 23.2. The highest BCUT2D eigenvalue weighted by atomic mass is 32.1. The first-order valence-electron chi connectivity index (χ1n) is 12.8. The number of ether oxygens (including phenoxy) is 1. The summed E-state index contributed by atoms with van der Waals surface area (Å²) in [5, 5.41) is 6.98. The predicted molar refractivity (Wildman–Crippen MR) is 143 cm³/mol. The fourth-order valence-corrected chi connectivity index (χ4v) is 6.69. The Kier molecular flexibility index (Phi) is 6.05. The minimum Gasteiger partial charge on any atom is -0.490 e. The van der Waals surface area contributed by atoms with Gasteiger partial charge < -0.3 is 20.3 Å². The van der Waals surface area contributed by atoms with Crippen molar-refractivity contribution in [1.29, 1.82) is 0 Å². The molecule has 1 unspecified atom stereocenters. The van der Waals surface area contributed by atoms with E-state index in [1.165, 1.54) is 24.2 Å². The van der Waals surface area contributed by atoms with Crippen molar-refractivity contribution in [3.8, 4) is 5.75 Å². The van der Waals surface area contributed by atoms with E-state index in [2.05, 4.69) is 27.6 Å². The van der Waals surface area contributed by atoms with Crippen molar-refractivity contribution in [2.45, 2.75) is 57.6 Å². The average molecular weight is 506 g/mol. The van der Waals surface area contributed by atoms with Gasteiger partial charge in [-0.3, -0.25) is 9.69 Å². The number of hydrogen-bond donors (Lipinski definition) is 2. The number of nitrogens with zero attached hydrogens (tertiary/aromatic N) is 3. The molecule has 2 fully saturated rings. The van der Waals surface area contributed by atoms with E-state index < -0.39 is 0 Å². The summed E-state index contributed by atoms with van der Waals surface area (Å²) in [5.41, 5.74) is 3.02. The Morgan fingerprint density at radius 2 is 2.00 bits per heavy atom. The summed E-state index contributed by atoms with van der Waals surface area (Å²) in [4.78, 5) is 36.4. The molecule has 1 atom stereocenters. The minimum atomic E-state index is -0.285. The normalized spacial score (nSPS) is 20.6. The van der Waals surface area contributed by atoms with Gasteiger partial charge in [0.05, 0.1) is 28.6 Å². The van der Waals surface area contributed by atoms with Gasteiger partial charge in [0.25, 0.3) is 5.91 Å². The Balaban J connectivity index is 1.32. The third kappa shape index (κ3) is 4.20. The summed E-state index contributed by atoms with van der Waals surface area (Å²) < 4.78 is 6.16. The third-order valence-electron chi connectivity index (χ3n) is 7.43. The van der Waals surface area contributed by atoms with Crippen LogP contribution >= 0.6 is 11.3 Å². The highest BCUT2D eigenvalue weighted by molar-refractivity contribution is 7.21. The van der Waals surface area contributed by atoms with E-state index in [4.69, 9.17) is 4.74 Å². The first-order chi connectivity index (χ1) is 17.5. The molecule has 0 bridgehead atoms. The number of hydrogen-bond acceptors (Lipinski definition) is 6. The number of carbonyl (C=O) groups is 2. The summed E-state index contributed by atoms with van der Waals surface area (Å²) in [7, 11) is 2.07. The second kappa shape index (κ2) is 9.37. The zero-order valence-corrected chi connectivity index (χ0v) is 21.5. The molecular weight excluding hydrogens is 474 g/mol. The number of likely N-dealkylation sites (tertiary alicyclic amines) is 1. The van der Waals surface area contributed by atoms with Crippen LogP contribution in [0.2, 0.25) is 0 Å². The minimum absolute atomic E-state index is 0.101. The maximum atomic E-state index is 13.4. The van der Waals surface area contributed by atoms with Crippen LogP contribution in [-0.4, -0.2) is 54.1 Å². The number of pyridine rings is 1. The van der Waals surface area contributed by atoms with Gasteiger partial charge in [-0.2, -0.15) is 0 Å². The molecule has 36 heavy (non-hydrogen) atoms. The number of benzene rings is 1. The maximum Gasteiger partial charge on any atom is 0.331 e. The van der Waals surface area contributed by atoms with Gasteiger partial charge >= 0.3 is 6.03 Å². The largest absolute Gasteiger partial charge is 0.490 e. The summed E-state index contributed by atoms with van der Waals surface area (Å²) in [6.07, 6.45) is 8.62. The summed E-state index contributed by atoms with van der Waals surface area (Å²) in [6, 6.07) is 7.54. The molecule has 3 aliphatic rings. The number of thiophene rings is 1. The fourth-order valence-electron chi connectivity index (χ4n) is 5.67. The van der Waals surface area contributed by atoms with Crippen LogP contribution < -0.4 is 20.3 Å². The molecular formula is C27H31N5O3S. The van der Waals surface area contributed by atoms with Crippen molar-refractivity contribution in [1.82, 2.24) is 15.2 Å². The monoisotopic (exact) mass is 505 g/mol. The van der Waals surface area contributed by atoms with Crippen LogP contribution in [0.1, 0.15) is 53.8 Å². The topological polar surface area (TPSA) is 86.8 Å². The predicted octanol–water partition coefficient (Wildman–Crippen LogP) is 5.43. The number of piperidine rings is 1. The lowest BCUT2D eigenvalue weighted by molar-refractivity contribution is 0.0917. The molecule has 1 aliphatic carbocycles. The van der Waals surface area contributed by atoms with Crippen LogP contribution in [-0.2, 0) is 0 Å². The number of aromatic nitrogens is 1. The Hall–Kier alpha value is -3.17. The number of urea groups is 1. The average Bonchev–Trinajstić information content (AvgIpc) is 3.49. The molecule has 1 saturated heterocycles. The lowest BCUT2D eigenvalue weighted by atomic mass is 10.1. The van der Waals surface area contributed by atoms with Gasteiger partial charge in [-0.25, -0.2) is 9.78 Å². The third-order valence-corrected chi connectivity index (χ3v) is 8.52. The maximum absolute atomic E-state index is 13.4. The van der Waals surface area contributed by atoms with E-state index in [9.17, 15) is 9.59 Å². The fraction of sp³-hybridized carbons (Fsp3) is 0.444. The molecule has 1 aromatic carbocycles. The van der Waals surface area contributed by atoms with E-state index >= 15 is 0 Å². The SMILES string of the molecule is Cc1cc(OC2CCCC2)ccc1N1C(=O)Nc2c(C(=O)NC3CCCN(C)C3)sc3nccc1c23. The van der Waals surface area contributed by atoms with Crippen LogP contribution in [0.4, 0.5) is 21.9 Å². The van der Waals surface area contributed by atoms with Gasteiger partial charge in [-0.15, -0.1) is 11.3 Å². The van der Waals surface area contributed by atoms with Crippen molar-refractivity contribution in [2.24, 2.45) is 0 Å². The molecule has 2 aliphatic heterocycles. The lowest BCUT2D eigenvalue weighted by Gasteiger charge is -2.31. The standard InChI is InChI=1S/C27H31N5O3S/c1-16-14-19(35-18-7-3-4-8-18)9-10-20(16)32-21-11-12-28-26-22(21)23(30-27(32)34)24(36-26)25(33)29-17-6-5-13-31(2)15-17/h9-12,14,17-18H,3-8,13,15H2,1-2H3,(H,29,33)(H,30,34).